The molecule has 2 N–H and O–H groups in total. The Morgan fingerprint density at radius 2 is 1.95 bits per heavy atom. The van der Waals surface area contributed by atoms with Crippen molar-refractivity contribution < 1.29 is 8.42 Å². The molecule has 1 aliphatic rings. The molecule has 20 heavy (non-hydrogen) atoms. The van der Waals surface area contributed by atoms with E-state index in [-0.39, 0.29) is 21.6 Å². The van der Waals surface area contributed by atoms with Crippen LogP contribution in [0.2, 0.25) is 5.02 Å². The molecule has 0 spiro atoms. The molecule has 0 aromatic heterocycles. The van der Waals surface area contributed by atoms with Crippen LogP contribution in [0.3, 0.4) is 0 Å². The van der Waals surface area contributed by atoms with E-state index >= 15 is 0 Å². The molecule has 1 aliphatic heterocycles. The molecular weight excluding hydrogens is 298 g/mol. The highest BCUT2D eigenvalue weighted by Gasteiger charge is 2.32. The molecule has 2 rings (SSSR count). The summed E-state index contributed by atoms with van der Waals surface area (Å²) in [7, 11) is -0.0159. The maximum atomic E-state index is 12.7. The van der Waals surface area contributed by atoms with E-state index in [9.17, 15) is 8.42 Å². The van der Waals surface area contributed by atoms with E-state index < -0.39 is 10.0 Å². The fourth-order valence-corrected chi connectivity index (χ4v) is 4.54. The number of anilines is 1. The Labute approximate surface area is 125 Å². The number of nitrogens with two attached hydrogens (primary N) is 1. The van der Waals surface area contributed by atoms with Gasteiger partial charge in [-0.2, -0.15) is 4.31 Å². The Morgan fingerprint density at radius 1 is 1.35 bits per heavy atom. The van der Waals surface area contributed by atoms with Crippen LogP contribution in [0.4, 0.5) is 5.69 Å². The van der Waals surface area contributed by atoms with E-state index in [1.807, 2.05) is 7.05 Å². The maximum absolute atomic E-state index is 12.7. The summed E-state index contributed by atoms with van der Waals surface area (Å²) in [5.74, 6) is 0. The third-order valence-corrected chi connectivity index (χ3v) is 6.29. The van der Waals surface area contributed by atoms with Gasteiger partial charge in [-0.3, -0.25) is 0 Å². The molecule has 1 aromatic carbocycles. The van der Waals surface area contributed by atoms with E-state index in [1.165, 1.54) is 4.31 Å². The van der Waals surface area contributed by atoms with Gasteiger partial charge in [-0.25, -0.2) is 8.42 Å². The number of likely N-dealkylation sites (tertiary alicyclic amines) is 1. The van der Waals surface area contributed by atoms with Gasteiger partial charge in [-0.15, -0.1) is 0 Å². The summed E-state index contributed by atoms with van der Waals surface area (Å²) in [6.07, 6.45) is 1.63. The first kappa shape index (κ1) is 15.6. The second kappa shape index (κ2) is 5.89. The Morgan fingerprint density at radius 3 is 2.50 bits per heavy atom. The van der Waals surface area contributed by atoms with E-state index in [0.29, 0.717) is 0 Å². The molecule has 0 aliphatic carbocycles. The van der Waals surface area contributed by atoms with Crippen LogP contribution in [0, 0.1) is 0 Å². The van der Waals surface area contributed by atoms with Gasteiger partial charge in [-0.05, 0) is 45.1 Å². The number of benzene rings is 1. The molecule has 0 saturated carbocycles. The zero-order valence-electron chi connectivity index (χ0n) is 11.7. The topological polar surface area (TPSA) is 66.6 Å². The van der Waals surface area contributed by atoms with E-state index in [4.69, 9.17) is 17.3 Å². The quantitative estimate of drug-likeness (QED) is 0.861. The van der Waals surface area contributed by atoms with Gasteiger partial charge in [0.25, 0.3) is 0 Å². The molecule has 0 atom stereocenters. The van der Waals surface area contributed by atoms with Gasteiger partial charge < -0.3 is 10.6 Å². The molecule has 7 heteroatoms. The lowest BCUT2D eigenvalue weighted by Gasteiger charge is -2.34. The lowest BCUT2D eigenvalue weighted by molar-refractivity contribution is 0.197. The number of piperidine rings is 1. The second-order valence-electron chi connectivity index (χ2n) is 5.21. The van der Waals surface area contributed by atoms with Crippen LogP contribution in [0.25, 0.3) is 0 Å². The molecule has 112 valence electrons. The van der Waals surface area contributed by atoms with Gasteiger partial charge >= 0.3 is 0 Å². The number of nitrogen functional groups attached to an aromatic ring is 1. The SMILES string of the molecule is CN1CCC(N(C)S(=O)(=O)c2c(N)cccc2Cl)CC1. The lowest BCUT2D eigenvalue weighted by atomic mass is 10.1. The van der Waals surface area contributed by atoms with Gasteiger partial charge in [0.05, 0.1) is 10.7 Å². The summed E-state index contributed by atoms with van der Waals surface area (Å²) >= 11 is 6.03. The minimum atomic E-state index is -3.66. The number of sulfonamides is 1. The van der Waals surface area contributed by atoms with Crippen molar-refractivity contribution in [3.8, 4) is 0 Å². The van der Waals surface area contributed by atoms with Crippen LogP contribution in [0.1, 0.15) is 12.8 Å². The van der Waals surface area contributed by atoms with Crippen LogP contribution in [0.15, 0.2) is 23.1 Å². The third kappa shape index (κ3) is 2.93. The molecule has 5 nitrogen and oxygen atoms in total. The van der Waals surface area contributed by atoms with E-state index in [1.54, 1.807) is 25.2 Å². The van der Waals surface area contributed by atoms with Crippen molar-refractivity contribution in [3.63, 3.8) is 0 Å². The summed E-state index contributed by atoms with van der Waals surface area (Å²) in [5, 5.41) is 0.171. The Bertz CT molecular complexity index is 563. The van der Waals surface area contributed by atoms with Crippen molar-refractivity contribution in [2.24, 2.45) is 0 Å². The zero-order chi connectivity index (χ0) is 14.9. The molecule has 0 radical (unpaired) electrons. The number of nitrogens with zero attached hydrogens (tertiary/aromatic N) is 2. The summed E-state index contributed by atoms with van der Waals surface area (Å²) in [6.45, 7) is 1.78. The number of hydrogen-bond acceptors (Lipinski definition) is 4. The third-order valence-electron chi connectivity index (χ3n) is 3.84. The maximum Gasteiger partial charge on any atom is 0.246 e. The monoisotopic (exact) mass is 317 g/mol. The molecule has 1 heterocycles. The van der Waals surface area contributed by atoms with Crippen molar-refractivity contribution in [2.45, 2.75) is 23.8 Å². The zero-order valence-corrected chi connectivity index (χ0v) is 13.3. The first-order chi connectivity index (χ1) is 9.34. The van der Waals surface area contributed by atoms with Crippen molar-refractivity contribution in [1.82, 2.24) is 9.21 Å². The molecule has 1 fully saturated rings. The molecule has 0 unspecified atom stereocenters. The summed E-state index contributed by atoms with van der Waals surface area (Å²) in [6, 6.07) is 4.74. The predicted molar refractivity (Wildman–Crippen MR) is 81.3 cm³/mol. The minimum absolute atomic E-state index is 0.00753. The average Bonchev–Trinajstić information content (AvgIpc) is 2.38. The first-order valence-corrected chi connectivity index (χ1v) is 8.36. The van der Waals surface area contributed by atoms with Gasteiger partial charge in [-0.1, -0.05) is 17.7 Å². The fraction of sp³-hybridized carbons (Fsp3) is 0.538. The molecular formula is C13H20ClN3O2S. The van der Waals surface area contributed by atoms with Crippen molar-refractivity contribution in [2.75, 3.05) is 32.9 Å². The second-order valence-corrected chi connectivity index (χ2v) is 7.56. The molecule has 0 bridgehead atoms. The Kier molecular flexibility index (Phi) is 4.59. The lowest BCUT2D eigenvalue weighted by Crippen LogP contribution is -2.44. The van der Waals surface area contributed by atoms with Gasteiger partial charge in [0.15, 0.2) is 0 Å². The largest absolute Gasteiger partial charge is 0.398 e. The Hall–Kier alpha value is -0.820. The smallest absolute Gasteiger partial charge is 0.246 e. The minimum Gasteiger partial charge on any atom is -0.398 e. The van der Waals surface area contributed by atoms with Gasteiger partial charge in [0, 0.05) is 13.1 Å². The van der Waals surface area contributed by atoms with Crippen LogP contribution in [-0.2, 0) is 10.0 Å². The number of halogens is 1. The van der Waals surface area contributed by atoms with Gasteiger partial charge in [0.2, 0.25) is 10.0 Å². The summed E-state index contributed by atoms with van der Waals surface area (Å²) < 4.78 is 26.8. The van der Waals surface area contributed by atoms with Crippen LogP contribution < -0.4 is 5.73 Å². The first-order valence-electron chi connectivity index (χ1n) is 6.54. The van der Waals surface area contributed by atoms with Crippen LogP contribution in [-0.4, -0.2) is 50.8 Å². The molecule has 0 amide bonds. The van der Waals surface area contributed by atoms with E-state index in [0.717, 1.165) is 25.9 Å². The molecule has 1 saturated heterocycles. The van der Waals surface area contributed by atoms with Crippen molar-refractivity contribution in [1.29, 1.82) is 0 Å². The van der Waals surface area contributed by atoms with Crippen molar-refractivity contribution in [3.05, 3.63) is 23.2 Å². The highest BCUT2D eigenvalue weighted by atomic mass is 35.5. The van der Waals surface area contributed by atoms with E-state index in [2.05, 4.69) is 4.90 Å². The standard InChI is InChI=1S/C13H20ClN3O2S/c1-16-8-6-10(7-9-16)17(2)20(18,19)13-11(14)4-3-5-12(13)15/h3-5,10H,6-9,15H2,1-2H3. The van der Waals surface area contributed by atoms with Crippen molar-refractivity contribution >= 4 is 27.3 Å². The number of hydrogen-bond donors (Lipinski definition) is 1. The Balaban J connectivity index is 2.30. The highest BCUT2D eigenvalue weighted by Crippen LogP contribution is 2.31. The van der Waals surface area contributed by atoms with Gasteiger partial charge in [0.1, 0.15) is 4.90 Å². The summed E-state index contributed by atoms with van der Waals surface area (Å²) in [5.41, 5.74) is 5.99. The van der Waals surface area contributed by atoms with Crippen LogP contribution in [0.5, 0.6) is 0 Å². The fourth-order valence-electron chi connectivity index (χ4n) is 2.50. The average molecular weight is 318 g/mol. The molecule has 1 aromatic rings. The van der Waals surface area contributed by atoms with Crippen LogP contribution >= 0.6 is 11.6 Å². The highest BCUT2D eigenvalue weighted by molar-refractivity contribution is 7.89. The predicted octanol–water partition coefficient (Wildman–Crippen LogP) is 1.64. The number of rotatable bonds is 3. The summed E-state index contributed by atoms with van der Waals surface area (Å²) in [4.78, 5) is 2.21. The normalized spacial score (nSPS) is 18.6.